The van der Waals surface area contributed by atoms with Crippen LogP contribution in [0.15, 0.2) is 18.2 Å². The number of carbonyl (C=O) groups is 2. The molecular formula is C20H28ClNO3. The molecule has 0 aliphatic heterocycles. The van der Waals surface area contributed by atoms with Crippen molar-refractivity contribution < 1.29 is 14.3 Å². The van der Waals surface area contributed by atoms with Gasteiger partial charge in [-0.05, 0) is 36.5 Å². The third-order valence-electron chi connectivity index (χ3n) is 5.13. The van der Waals surface area contributed by atoms with Crippen LogP contribution in [0, 0.1) is 11.8 Å². The van der Waals surface area contributed by atoms with Gasteiger partial charge >= 0.3 is 5.97 Å². The van der Waals surface area contributed by atoms with Crippen molar-refractivity contribution in [1.82, 2.24) is 0 Å². The molecule has 0 aromatic heterocycles. The van der Waals surface area contributed by atoms with Crippen LogP contribution in [0.25, 0.3) is 0 Å². The highest BCUT2D eigenvalue weighted by molar-refractivity contribution is 6.30. The third-order valence-corrected chi connectivity index (χ3v) is 5.37. The first-order chi connectivity index (χ1) is 12.0. The fourth-order valence-corrected chi connectivity index (χ4v) is 3.88. The van der Waals surface area contributed by atoms with Gasteiger partial charge in [0, 0.05) is 23.6 Å². The molecular weight excluding hydrogens is 338 g/mol. The molecule has 0 heterocycles. The average Bonchev–Trinajstić information content (AvgIpc) is 2.60. The van der Waals surface area contributed by atoms with E-state index in [1.807, 2.05) is 6.07 Å². The molecule has 1 saturated carbocycles. The Labute approximate surface area is 155 Å². The van der Waals surface area contributed by atoms with E-state index in [4.69, 9.17) is 22.1 Å². The van der Waals surface area contributed by atoms with E-state index in [2.05, 4.69) is 0 Å². The van der Waals surface area contributed by atoms with Gasteiger partial charge in [-0.25, -0.2) is 0 Å². The van der Waals surface area contributed by atoms with Crippen molar-refractivity contribution in [2.75, 3.05) is 12.8 Å². The number of carbonyl (C=O) groups excluding carboxylic acids is 2. The summed E-state index contributed by atoms with van der Waals surface area (Å²) in [6.07, 6.45) is 8.01. The highest BCUT2D eigenvalue weighted by Crippen LogP contribution is 2.31. The van der Waals surface area contributed by atoms with Gasteiger partial charge < -0.3 is 10.5 Å². The lowest BCUT2D eigenvalue weighted by atomic mass is 9.81. The summed E-state index contributed by atoms with van der Waals surface area (Å²) in [5.41, 5.74) is 7.45. The molecule has 0 bridgehead atoms. The minimum Gasteiger partial charge on any atom is -0.469 e. The zero-order valence-corrected chi connectivity index (χ0v) is 15.7. The van der Waals surface area contributed by atoms with E-state index in [1.54, 1.807) is 12.1 Å². The lowest BCUT2D eigenvalue weighted by molar-refractivity contribution is -0.148. The van der Waals surface area contributed by atoms with E-state index in [0.29, 0.717) is 29.5 Å². The van der Waals surface area contributed by atoms with E-state index in [9.17, 15) is 9.59 Å². The Kier molecular flexibility index (Phi) is 7.76. The zero-order valence-electron chi connectivity index (χ0n) is 14.9. The molecule has 0 spiro atoms. The van der Waals surface area contributed by atoms with Crippen LogP contribution >= 0.6 is 11.6 Å². The van der Waals surface area contributed by atoms with Crippen LogP contribution in [0.2, 0.25) is 5.02 Å². The van der Waals surface area contributed by atoms with Gasteiger partial charge in [-0.15, -0.1) is 0 Å². The van der Waals surface area contributed by atoms with Gasteiger partial charge in [0.05, 0.1) is 13.0 Å². The Bertz CT molecular complexity index is 597. The van der Waals surface area contributed by atoms with Crippen LogP contribution in [-0.4, -0.2) is 18.9 Å². The SMILES string of the molecule is COC(=O)[C@@H](CC(=O)CCc1ccc(Cl)cc1N)CC1CCCCC1. The van der Waals surface area contributed by atoms with Crippen LogP contribution in [0.4, 0.5) is 5.69 Å². The first kappa shape index (κ1) is 19.8. The van der Waals surface area contributed by atoms with Gasteiger partial charge in [0.25, 0.3) is 0 Å². The van der Waals surface area contributed by atoms with Crippen molar-refractivity contribution >= 4 is 29.0 Å². The number of aryl methyl sites for hydroxylation is 1. The van der Waals surface area contributed by atoms with E-state index >= 15 is 0 Å². The number of anilines is 1. The lowest BCUT2D eigenvalue weighted by Crippen LogP contribution is -2.24. The first-order valence-corrected chi connectivity index (χ1v) is 9.50. The number of hydrogen-bond donors (Lipinski definition) is 1. The van der Waals surface area contributed by atoms with E-state index in [0.717, 1.165) is 24.8 Å². The van der Waals surface area contributed by atoms with Gasteiger partial charge in [-0.3, -0.25) is 9.59 Å². The maximum Gasteiger partial charge on any atom is 0.309 e. The largest absolute Gasteiger partial charge is 0.469 e. The van der Waals surface area contributed by atoms with Crippen LogP contribution in [-0.2, 0) is 20.7 Å². The number of nitrogens with two attached hydrogens (primary N) is 1. The number of hydrogen-bond acceptors (Lipinski definition) is 4. The minimum absolute atomic E-state index is 0.0839. The Morgan fingerprint density at radius 2 is 2.00 bits per heavy atom. The number of ketones is 1. The molecule has 1 fully saturated rings. The van der Waals surface area contributed by atoms with Gasteiger partial charge in [0.2, 0.25) is 0 Å². The van der Waals surface area contributed by atoms with Gasteiger partial charge in [0.1, 0.15) is 5.78 Å². The highest BCUT2D eigenvalue weighted by atomic mass is 35.5. The average molecular weight is 366 g/mol. The second kappa shape index (κ2) is 9.81. The molecule has 1 aromatic carbocycles. The fourth-order valence-electron chi connectivity index (χ4n) is 3.70. The molecule has 25 heavy (non-hydrogen) atoms. The summed E-state index contributed by atoms with van der Waals surface area (Å²) < 4.78 is 4.92. The maximum atomic E-state index is 12.4. The molecule has 1 aliphatic rings. The number of Topliss-reactive ketones (excluding diaryl/α,β-unsaturated/α-hetero) is 1. The first-order valence-electron chi connectivity index (χ1n) is 9.13. The summed E-state index contributed by atoms with van der Waals surface area (Å²) in [6, 6.07) is 5.32. The van der Waals surface area contributed by atoms with E-state index in [-0.39, 0.29) is 24.1 Å². The molecule has 4 nitrogen and oxygen atoms in total. The molecule has 138 valence electrons. The smallest absolute Gasteiger partial charge is 0.309 e. The van der Waals surface area contributed by atoms with Crippen LogP contribution in [0.3, 0.4) is 0 Å². The minimum atomic E-state index is -0.317. The summed E-state index contributed by atoms with van der Waals surface area (Å²) in [6.45, 7) is 0. The molecule has 1 aromatic rings. The Morgan fingerprint density at radius 3 is 2.64 bits per heavy atom. The number of benzene rings is 1. The van der Waals surface area contributed by atoms with Crippen molar-refractivity contribution in [3.8, 4) is 0 Å². The molecule has 0 radical (unpaired) electrons. The second-order valence-electron chi connectivity index (χ2n) is 7.05. The summed E-state index contributed by atoms with van der Waals surface area (Å²) in [5.74, 6) is 0.0474. The zero-order chi connectivity index (χ0) is 18.2. The van der Waals surface area contributed by atoms with Crippen LogP contribution in [0.1, 0.15) is 56.9 Å². The molecule has 0 amide bonds. The number of ether oxygens (including phenoxy) is 1. The molecule has 0 saturated heterocycles. The van der Waals surface area contributed by atoms with Crippen molar-refractivity contribution in [2.24, 2.45) is 11.8 Å². The summed E-state index contributed by atoms with van der Waals surface area (Å²) >= 11 is 5.89. The van der Waals surface area contributed by atoms with Gasteiger partial charge in [-0.1, -0.05) is 49.8 Å². The van der Waals surface area contributed by atoms with E-state index < -0.39 is 0 Å². The summed E-state index contributed by atoms with van der Waals surface area (Å²) in [5, 5.41) is 0.589. The molecule has 1 atom stereocenters. The van der Waals surface area contributed by atoms with Crippen molar-refractivity contribution in [3.05, 3.63) is 28.8 Å². The summed E-state index contributed by atoms with van der Waals surface area (Å²) in [4.78, 5) is 24.5. The quantitative estimate of drug-likeness (QED) is 0.541. The second-order valence-corrected chi connectivity index (χ2v) is 7.48. The van der Waals surface area contributed by atoms with Gasteiger partial charge in [0.15, 0.2) is 0 Å². The number of methoxy groups -OCH3 is 1. The molecule has 2 rings (SSSR count). The van der Waals surface area contributed by atoms with E-state index in [1.165, 1.54) is 26.4 Å². The number of rotatable bonds is 8. The molecule has 5 heteroatoms. The van der Waals surface area contributed by atoms with Crippen molar-refractivity contribution in [2.45, 2.75) is 57.8 Å². The highest BCUT2D eigenvalue weighted by Gasteiger charge is 2.27. The molecule has 1 aliphatic carbocycles. The Balaban J connectivity index is 1.88. The van der Waals surface area contributed by atoms with Gasteiger partial charge in [-0.2, -0.15) is 0 Å². The molecule has 2 N–H and O–H groups in total. The lowest BCUT2D eigenvalue weighted by Gasteiger charge is -2.25. The van der Waals surface area contributed by atoms with Crippen LogP contribution in [0.5, 0.6) is 0 Å². The number of esters is 1. The van der Waals surface area contributed by atoms with Crippen molar-refractivity contribution in [3.63, 3.8) is 0 Å². The Hall–Kier alpha value is -1.55. The standard InChI is InChI=1S/C20H28ClNO3/c1-25-20(24)16(11-14-5-3-2-4-6-14)12-18(23)10-8-15-7-9-17(21)13-19(15)22/h7,9,13-14,16H,2-6,8,10-12,22H2,1H3/t16-/m1/s1. The van der Waals surface area contributed by atoms with Crippen LogP contribution < -0.4 is 5.73 Å². The Morgan fingerprint density at radius 1 is 1.28 bits per heavy atom. The third kappa shape index (κ3) is 6.35. The fraction of sp³-hybridized carbons (Fsp3) is 0.600. The monoisotopic (exact) mass is 365 g/mol. The number of nitrogen functional groups attached to an aromatic ring is 1. The molecule has 0 unspecified atom stereocenters. The number of halogens is 1. The summed E-state index contributed by atoms with van der Waals surface area (Å²) in [7, 11) is 1.40. The maximum absolute atomic E-state index is 12.4. The normalized spacial score (nSPS) is 16.4. The van der Waals surface area contributed by atoms with Crippen molar-refractivity contribution in [1.29, 1.82) is 0 Å². The topological polar surface area (TPSA) is 69.4 Å². The predicted molar refractivity (Wildman–Crippen MR) is 101 cm³/mol. The predicted octanol–water partition coefficient (Wildman–Crippen LogP) is 4.57.